The summed E-state index contributed by atoms with van der Waals surface area (Å²) in [7, 11) is 171. The van der Waals surface area contributed by atoms with E-state index >= 15 is 0 Å². The van der Waals surface area contributed by atoms with Crippen LogP contribution in [0.15, 0.2) is 0 Å². The fourth-order valence-corrected chi connectivity index (χ4v) is 35.0. The van der Waals surface area contributed by atoms with Crippen LogP contribution in [-0.2, 0) is 0 Å². The van der Waals surface area contributed by atoms with E-state index in [1.165, 1.54) is 7.06 Å². The summed E-state index contributed by atoms with van der Waals surface area (Å²) in [5.41, 5.74) is 0. The summed E-state index contributed by atoms with van der Waals surface area (Å²) in [4.78, 5) is 0. The van der Waals surface area contributed by atoms with Crippen LogP contribution in [0, 0.1) is 0 Å². The molecular formula is H121B119. The highest BCUT2D eigenvalue weighted by atomic mass is 13.5. The summed E-state index contributed by atoms with van der Waals surface area (Å²) in [5.74, 6) is 0. The van der Waals surface area contributed by atoms with Crippen LogP contribution in [0.2, 0.25) is 0 Å². The molecule has 0 amide bonds. The molecule has 0 N–H and O–H groups in total. The highest BCUT2D eigenvalue weighted by Gasteiger charge is 2.71. The van der Waals surface area contributed by atoms with E-state index in [0.717, 1.165) is 0 Å². The molecule has 0 aromatic carbocycles. The van der Waals surface area contributed by atoms with Crippen molar-refractivity contribution < 1.29 is 0 Å². The van der Waals surface area contributed by atoms with Crippen LogP contribution in [0.3, 0.4) is 0 Å². The molecule has 0 nitrogen and oxygen atoms in total. The third-order valence-corrected chi connectivity index (χ3v) is 35.6. The summed E-state index contributed by atoms with van der Waals surface area (Å²) >= 11 is 0. The van der Waals surface area contributed by atoms with Gasteiger partial charge < -0.3 is 0 Å². The van der Waals surface area contributed by atoms with Crippen molar-refractivity contribution in [3.63, 3.8) is 0 Å². The smallest absolute Gasteiger partial charge is 0.000000124 e. The average Bonchev–Trinajstić information content (AvgIpc) is 0.701. The normalized spacial score (nSPS) is 9.85. The van der Waals surface area contributed by atoms with Crippen LogP contribution >= 0.6 is 0 Å². The zero-order valence-corrected chi connectivity index (χ0v) is 94.2. The molecule has 119 heavy (non-hydrogen) atoms. The molecule has 478 valence electrons. The highest BCUT2D eigenvalue weighted by Crippen LogP contribution is 2.32. The Labute approximate surface area is 832 Å². The molecule has 0 saturated heterocycles. The predicted octanol–water partition coefficient (Wildman–Crippen LogP) is -77.7. The first-order valence-corrected chi connectivity index (χ1v) is 54.2. The van der Waals surface area contributed by atoms with Crippen LogP contribution in [0.1, 0.15) is 0 Å². The molecule has 0 saturated carbocycles. The molecule has 119 heteroatoms. The zero-order valence-electron chi connectivity index (χ0n) is 94.2. The van der Waals surface area contributed by atoms with Gasteiger partial charge in [0.2, 0.25) is 0 Å². The van der Waals surface area contributed by atoms with Gasteiger partial charge in [-0.1, -0.05) is 0 Å². The van der Waals surface area contributed by atoms with Gasteiger partial charge in [0.25, 0.3) is 0 Å². The van der Waals surface area contributed by atoms with E-state index in [-0.39, 0.29) is 0 Å². The molecule has 0 aliphatic rings. The van der Waals surface area contributed by atoms with Crippen LogP contribution in [-0.4, -0.2) is 842 Å². The topological polar surface area (TPSA) is 0 Å². The molecule has 0 bridgehead atoms. The zero-order chi connectivity index (χ0) is 94.2. The summed E-state index contributed by atoms with van der Waals surface area (Å²) < 4.78 is 0. The van der Waals surface area contributed by atoms with Crippen molar-refractivity contribution in [2.75, 3.05) is 0 Å². The van der Waals surface area contributed by atoms with Gasteiger partial charge in [0.05, 0.1) is 464 Å². The summed E-state index contributed by atoms with van der Waals surface area (Å²) in [5, 5.41) is 0. The van der Waals surface area contributed by atoms with Crippen LogP contribution < -0.4 is 0 Å². The van der Waals surface area contributed by atoms with Gasteiger partial charge in [0, 0.05) is 377 Å². The lowest BCUT2D eigenvalue weighted by Gasteiger charge is -2.64. The predicted molar refractivity (Wildman–Crippen MR) is 854 cm³/mol. The lowest BCUT2D eigenvalue weighted by molar-refractivity contribution is 3.11. The van der Waals surface area contributed by atoms with Gasteiger partial charge in [-0.05, 0) is 0 Å². The lowest BCUT2D eigenvalue weighted by atomic mass is 8.17. The Morgan fingerprint density at radius 3 is 0.176 bits per heavy atom. The maximum Gasteiger partial charge on any atom is 0.0594 e. The van der Waals surface area contributed by atoms with Gasteiger partial charge in [-0.3, -0.25) is 0 Å². The van der Waals surface area contributed by atoms with E-state index in [9.17, 15) is 0 Å². The molecule has 0 aromatic heterocycles. The summed E-state index contributed by atoms with van der Waals surface area (Å²) in [6.45, 7) is 0. The SMILES string of the molecule is BBB(B)B(B(B)B)B(B(B(B(B)B)B(B)B)B(B(B)B)B(B)B)B(B(B(B(B(B)B)B(B)B)B(B(B)B)B(B)B)B(B(B(B)B)B(B)B)B(B(B)B)B(B)B)B(B(B(B(B(B)B)B(B)B)B(B(B)B)B(B)B)B(B(B(B)B)B(B)B)B(B(B)B)B(B)B)B(B(B(B(B)B)B(B)B)B(B(B)B)B(B)B)B(B(B(B)B)B(B)B)B(B(B)B)B(B)B. The van der Waals surface area contributed by atoms with Crippen LogP contribution in [0.25, 0.3) is 0 Å². The van der Waals surface area contributed by atoms with E-state index in [0.29, 0.717) is 370 Å². The number of hydrogen-bond acceptors (Lipinski definition) is 0. The van der Waals surface area contributed by atoms with Gasteiger partial charge in [-0.25, -0.2) is 0 Å². The van der Waals surface area contributed by atoms with E-state index in [1.54, 1.807) is 0 Å². The first-order chi connectivity index (χ1) is 54.2. The third-order valence-electron chi connectivity index (χ3n) is 35.6. The van der Waals surface area contributed by atoms with Crippen molar-refractivity contribution >= 4 is 842 Å². The quantitative estimate of drug-likeness (QED) is 0.0533. The minimum absolute atomic E-state index is 0.340. The van der Waals surface area contributed by atoms with E-state index < -0.39 is 0 Å². The minimum atomic E-state index is 0.340. The maximum absolute atomic E-state index is 2.94. The fourth-order valence-electron chi connectivity index (χ4n) is 35.0. The van der Waals surface area contributed by atoms with Crippen LogP contribution in [0.5, 0.6) is 0 Å². The Morgan fingerprint density at radius 1 is 0.0756 bits per heavy atom. The molecule has 0 spiro atoms. The minimum Gasteiger partial charge on any atom is 0.000000124 e. The second-order valence-electron chi connectivity index (χ2n) is 53.6. The van der Waals surface area contributed by atoms with Crippen molar-refractivity contribution in [1.82, 2.24) is 0 Å². The Morgan fingerprint density at radius 2 is 0.126 bits per heavy atom. The molecule has 0 unspecified atom stereocenters. The maximum atomic E-state index is 2.94. The molecule has 0 aliphatic heterocycles. The van der Waals surface area contributed by atoms with Crippen molar-refractivity contribution in [2.24, 2.45) is 0 Å². The molecule has 0 heterocycles. The summed E-state index contributed by atoms with van der Waals surface area (Å²) in [6, 6.07) is 0. The van der Waals surface area contributed by atoms with Gasteiger partial charge in [-0.15, -0.1) is 0 Å². The molecule has 0 radical (unpaired) electrons. The highest BCUT2D eigenvalue weighted by molar-refractivity contribution is 8.46. The van der Waals surface area contributed by atoms with Crippen molar-refractivity contribution in [1.29, 1.82) is 0 Å². The van der Waals surface area contributed by atoms with E-state index in [4.69, 9.17) is 0 Å². The Balaban J connectivity index is 16.5. The van der Waals surface area contributed by atoms with Crippen molar-refractivity contribution in [3.8, 4) is 0 Å². The van der Waals surface area contributed by atoms with Gasteiger partial charge in [-0.2, -0.15) is 0 Å². The Bertz CT molecular complexity index is 2070. The van der Waals surface area contributed by atoms with Crippen molar-refractivity contribution in [3.05, 3.63) is 0 Å². The monoisotopic (exact) mass is 1430 g/mol. The molecule has 0 aliphatic carbocycles. The number of rotatable bonds is 58. The molecule has 0 aromatic rings. The molecule has 0 atom stereocenters. The first-order valence-electron chi connectivity index (χ1n) is 54.2. The van der Waals surface area contributed by atoms with Gasteiger partial charge in [0.1, 0.15) is 0 Å². The van der Waals surface area contributed by atoms with Gasteiger partial charge in [0.15, 0.2) is 0 Å². The van der Waals surface area contributed by atoms with E-state index in [2.05, 4.69) is 464 Å². The Kier molecular flexibility index (Phi) is 62.4. The van der Waals surface area contributed by atoms with Crippen LogP contribution in [0.4, 0.5) is 0 Å². The fraction of sp³-hybridized carbons (Fsp3) is 0. The van der Waals surface area contributed by atoms with E-state index in [1.807, 2.05) is 0 Å². The molecular weight excluding hydrogens is 1290 g/mol. The average molecular weight is 1410 g/mol. The summed E-state index contributed by atoms with van der Waals surface area (Å²) in [6.07, 6.45) is 27.7. The number of hydrogen-bond donors (Lipinski definition) is 0. The Hall–Kier alpha value is 7.73. The molecule has 0 rings (SSSR count). The lowest BCUT2D eigenvalue weighted by Crippen LogP contribution is -3.02. The third kappa shape index (κ3) is 34.1. The second kappa shape index (κ2) is 58.6. The molecule has 0 fully saturated rings. The van der Waals surface area contributed by atoms with Crippen molar-refractivity contribution in [2.45, 2.75) is 0 Å². The van der Waals surface area contributed by atoms with Gasteiger partial charge >= 0.3 is 0 Å². The standard InChI is InChI=1S/B119H121/c1-61-91(60)106(90(58)59)114(107(92(62(2)3)63(4)5)93(64(6)7)65(8)9)118(115(108(94(66(10)11)67(12)13)95(68(14)15)69(16)17)109(96(70(18)19)71(20)21)97(72(22)23)73(24)25)119(116(110(98(74(26)27)75(28)29)99(76(30)31)77(32)33)111(100(78(34)35)79(36)37)101(80(38)39)81(40)41)117(112(102(82(42)43)83(44)45)103(84(46)47)85(48)49)113(104(86(50)51)87(52)53)105(88(54)55)89(56)57/h61H,1-60H2. The second-order valence-corrected chi connectivity index (χ2v) is 53.6. The first kappa shape index (κ1) is 127. The largest absolute Gasteiger partial charge is 0.0594 e.